The first-order chi connectivity index (χ1) is 65.7. The van der Waals surface area contributed by atoms with Crippen LogP contribution in [-0.2, 0) is 0 Å². The molecule has 0 amide bonds. The van der Waals surface area contributed by atoms with Crippen LogP contribution in [0.2, 0.25) is 0 Å². The molecule has 4 aliphatic heterocycles. The van der Waals surface area contributed by atoms with E-state index in [0.29, 0.717) is 110 Å². The van der Waals surface area contributed by atoms with Crippen molar-refractivity contribution in [3.8, 4) is 68.2 Å². The van der Waals surface area contributed by atoms with Gasteiger partial charge >= 0.3 is 0 Å². The van der Waals surface area contributed by atoms with Gasteiger partial charge in [-0.15, -0.1) is 0 Å². The van der Waals surface area contributed by atoms with Crippen LogP contribution in [0, 0.1) is 46.9 Å². The second-order valence-corrected chi connectivity index (χ2v) is 36.6. The highest BCUT2D eigenvalue weighted by molar-refractivity contribution is 7.81. The van der Waals surface area contributed by atoms with Crippen LogP contribution in [0.4, 0.5) is 40.3 Å². The standard InChI is InChI=1S/2C31H28FNO3S.2C25H24FNO3S/c2*32-24-13-9-20(10-14-24)28(35)16-12-23-19-30(37)33(25-6-2-1-3-7-25)31(23)27-15-11-22(18-29(27)36)21-5-4-8-26(34)17-21;2*26-18-9-6-16(7-10-18)22(29)13-8-17-14-24(31)27(19-4-2-1-3-5-19)25(17)21-12-11-20(28)15-23(21)30/h2*1-11,13-15,17-18,23,28,31,34-36H,12,16,19H2;2*1-7,9-12,15,17,22,25,28-30H,8,13-14H2/t23-,28?,31+;;17-,22+,25+;/m1.1./s1. The minimum Gasteiger partial charge on any atom is -0.508 e. The fraction of sp³-hybridized carbons (Fsp3) is 0.214. The number of benzene rings is 14. The molecule has 696 valence electrons. The summed E-state index contributed by atoms with van der Waals surface area (Å²) in [6.45, 7) is 0. The first-order valence-electron chi connectivity index (χ1n) is 45.2. The molecule has 14 aromatic carbocycles. The van der Waals surface area contributed by atoms with E-state index in [1.807, 2.05) is 158 Å². The molecule has 12 atom stereocenters. The number of rotatable bonds is 26. The van der Waals surface area contributed by atoms with Crippen LogP contribution in [0.25, 0.3) is 22.3 Å². The van der Waals surface area contributed by atoms with E-state index in [0.717, 1.165) is 76.1 Å². The lowest BCUT2D eigenvalue weighted by molar-refractivity contribution is 0.155. The normalized spacial score (nSPS) is 18.8. The van der Waals surface area contributed by atoms with Gasteiger partial charge in [-0.3, -0.25) is 0 Å². The molecular weight excluding hydrogens is 1800 g/mol. The first-order valence-corrected chi connectivity index (χ1v) is 46.8. The van der Waals surface area contributed by atoms with Crippen LogP contribution in [0.5, 0.6) is 46.0 Å². The molecule has 0 aliphatic carbocycles. The fourth-order valence-corrected chi connectivity index (χ4v) is 20.9. The van der Waals surface area contributed by atoms with Gasteiger partial charge in [-0.1, -0.05) is 219 Å². The molecule has 0 saturated carbocycles. The summed E-state index contributed by atoms with van der Waals surface area (Å²) in [6.07, 6.45) is 4.32. The largest absolute Gasteiger partial charge is 0.508 e. The number of thiocarbonyl (C=S) groups is 4. The molecule has 18 rings (SSSR count). The lowest BCUT2D eigenvalue weighted by atomic mass is 9.87. The number of anilines is 4. The third kappa shape index (κ3) is 23.6. The molecule has 4 heterocycles. The van der Waals surface area contributed by atoms with Crippen molar-refractivity contribution in [2.24, 2.45) is 23.7 Å². The Balaban J connectivity index is 0.000000138. The number of aliphatic hydroxyl groups excluding tert-OH is 4. The molecule has 7 unspecified atom stereocenters. The number of phenols is 8. The van der Waals surface area contributed by atoms with E-state index in [9.17, 15) is 78.8 Å². The van der Waals surface area contributed by atoms with E-state index in [1.54, 1.807) is 121 Å². The van der Waals surface area contributed by atoms with Gasteiger partial charge in [0.25, 0.3) is 0 Å². The predicted molar refractivity (Wildman–Crippen MR) is 542 cm³/mol. The van der Waals surface area contributed by atoms with Crippen molar-refractivity contribution in [2.45, 2.75) is 126 Å². The second kappa shape index (κ2) is 44.8. The molecule has 0 bridgehead atoms. The Kier molecular flexibility index (Phi) is 32.0. The maximum atomic E-state index is 13.3. The lowest BCUT2D eigenvalue weighted by Gasteiger charge is -2.31. The highest BCUT2D eigenvalue weighted by atomic mass is 32.1. The number of hydrogen-bond donors (Lipinski definition) is 12. The highest BCUT2D eigenvalue weighted by Crippen LogP contribution is 2.54. The quantitative estimate of drug-likeness (QED) is 0.0178. The number of halogens is 4. The highest BCUT2D eigenvalue weighted by Gasteiger charge is 2.45. The van der Waals surface area contributed by atoms with Crippen molar-refractivity contribution in [3.63, 3.8) is 0 Å². The van der Waals surface area contributed by atoms with Gasteiger partial charge in [-0.25, -0.2) is 17.6 Å². The van der Waals surface area contributed by atoms with Gasteiger partial charge in [-0.05, 0) is 277 Å². The molecule has 4 aliphatic rings. The van der Waals surface area contributed by atoms with Crippen molar-refractivity contribution >= 4 is 91.6 Å². The molecular formula is C112H104F4N4O12S4. The van der Waals surface area contributed by atoms with E-state index in [2.05, 4.69) is 19.6 Å². The first kappa shape index (κ1) is 97.2. The van der Waals surface area contributed by atoms with Crippen molar-refractivity contribution in [1.29, 1.82) is 0 Å². The molecule has 14 aromatic rings. The summed E-state index contributed by atoms with van der Waals surface area (Å²) in [6, 6.07) is 96.4. The SMILES string of the molecule is Oc1ccc(C2C(CCC(O)c3ccc(F)cc3)CC(=S)N2c2ccccc2)c(O)c1.Oc1ccc([C@@H]2[C@H](CC[C@H](O)c3ccc(F)cc3)CC(=S)N2c2ccccc2)c(O)c1.Oc1cccc(-c2ccc(C3C(CCC(O)c4ccc(F)cc4)CC(=S)N3c3ccccc3)c(O)c2)c1.Oc1cccc(-c2ccc([C@@H]3[C@H](CCC(O)c4ccc(F)cc4)CC(=S)N3c3ccccc3)c(O)c2)c1. The number of phenolic OH excluding ortho intramolecular Hbond substituents is 8. The van der Waals surface area contributed by atoms with Gasteiger partial charge in [0.05, 0.1) is 68.5 Å². The number of aromatic hydroxyl groups is 8. The van der Waals surface area contributed by atoms with Crippen molar-refractivity contribution in [1.82, 2.24) is 0 Å². The minimum atomic E-state index is -0.720. The molecule has 12 N–H and O–H groups in total. The lowest BCUT2D eigenvalue weighted by Crippen LogP contribution is -2.28. The summed E-state index contributed by atoms with van der Waals surface area (Å²) < 4.78 is 53.0. The van der Waals surface area contributed by atoms with Crippen LogP contribution < -0.4 is 19.6 Å². The number of para-hydroxylation sites is 4. The van der Waals surface area contributed by atoms with Gasteiger partial charge in [0.2, 0.25) is 0 Å². The van der Waals surface area contributed by atoms with Gasteiger partial charge in [-0.2, -0.15) is 0 Å². The average Bonchev–Trinajstić information content (AvgIpc) is 1.64. The van der Waals surface area contributed by atoms with E-state index in [4.69, 9.17) is 48.9 Å². The maximum Gasteiger partial charge on any atom is 0.124 e. The Morgan fingerprint density at radius 3 is 0.669 bits per heavy atom. The summed E-state index contributed by atoms with van der Waals surface area (Å²) >= 11 is 23.1. The van der Waals surface area contributed by atoms with E-state index < -0.39 is 24.4 Å². The van der Waals surface area contributed by atoms with E-state index >= 15 is 0 Å². The Labute approximate surface area is 809 Å². The van der Waals surface area contributed by atoms with Gasteiger partial charge in [0.15, 0.2) is 0 Å². The summed E-state index contributed by atoms with van der Waals surface area (Å²) in [7, 11) is 0. The zero-order valence-electron chi connectivity index (χ0n) is 74.0. The van der Waals surface area contributed by atoms with Crippen molar-refractivity contribution < 1.29 is 78.8 Å². The van der Waals surface area contributed by atoms with E-state index in [-0.39, 0.29) is 117 Å². The topological polar surface area (TPSA) is 256 Å². The predicted octanol–water partition coefficient (Wildman–Crippen LogP) is 25.9. The number of hydrogen-bond acceptors (Lipinski definition) is 16. The summed E-state index contributed by atoms with van der Waals surface area (Å²) in [5.41, 5.74) is 12.6. The molecule has 16 nitrogen and oxygen atoms in total. The third-order valence-corrected chi connectivity index (χ3v) is 27.3. The average molecular weight is 1900 g/mol. The molecule has 0 radical (unpaired) electrons. The molecule has 0 spiro atoms. The third-order valence-electron chi connectivity index (χ3n) is 25.8. The minimum absolute atomic E-state index is 0.00336. The Morgan fingerprint density at radius 1 is 0.235 bits per heavy atom. The number of nitrogens with zero attached hydrogens (tertiary/aromatic N) is 4. The van der Waals surface area contributed by atoms with Crippen molar-refractivity contribution in [3.05, 3.63) is 407 Å². The van der Waals surface area contributed by atoms with Crippen LogP contribution in [0.1, 0.15) is 170 Å². The van der Waals surface area contributed by atoms with Gasteiger partial charge < -0.3 is 80.9 Å². The van der Waals surface area contributed by atoms with Gasteiger partial charge in [0.1, 0.15) is 69.3 Å². The fourth-order valence-electron chi connectivity index (χ4n) is 19.2. The molecule has 24 heteroatoms. The molecule has 4 fully saturated rings. The Bertz CT molecular complexity index is 6060. The Morgan fingerprint density at radius 2 is 0.449 bits per heavy atom. The monoisotopic (exact) mass is 1900 g/mol. The smallest absolute Gasteiger partial charge is 0.124 e. The zero-order valence-corrected chi connectivity index (χ0v) is 77.3. The Hall–Kier alpha value is -13.4. The van der Waals surface area contributed by atoms with Crippen LogP contribution in [0.15, 0.2) is 340 Å². The summed E-state index contributed by atoms with van der Waals surface area (Å²) in [5.74, 6) is -0.461. The van der Waals surface area contributed by atoms with Crippen molar-refractivity contribution in [2.75, 3.05) is 19.6 Å². The molecule has 4 saturated heterocycles. The van der Waals surface area contributed by atoms with Crippen LogP contribution in [-0.4, -0.2) is 81.2 Å². The zero-order chi connectivity index (χ0) is 95.8. The second-order valence-electron chi connectivity index (χ2n) is 34.7. The summed E-state index contributed by atoms with van der Waals surface area (Å²) in [4.78, 5) is 11.4. The number of aliphatic hydroxyl groups is 4. The maximum absolute atomic E-state index is 13.3. The molecule has 0 aromatic heterocycles. The van der Waals surface area contributed by atoms with E-state index in [1.165, 1.54) is 60.7 Å². The van der Waals surface area contributed by atoms with Crippen LogP contribution in [0.3, 0.4) is 0 Å². The van der Waals surface area contributed by atoms with Gasteiger partial charge in [0, 0.05) is 82.8 Å². The molecule has 136 heavy (non-hydrogen) atoms. The summed E-state index contributed by atoms with van der Waals surface area (Å²) in [5, 5.41) is 126. The van der Waals surface area contributed by atoms with Crippen LogP contribution >= 0.6 is 48.9 Å².